The summed E-state index contributed by atoms with van der Waals surface area (Å²) in [5.74, 6) is 1.49. The van der Waals surface area contributed by atoms with E-state index in [2.05, 4.69) is 22.0 Å². The van der Waals surface area contributed by atoms with Crippen LogP contribution in [0.4, 0.5) is 0 Å². The molecule has 2 heterocycles. The van der Waals surface area contributed by atoms with Crippen molar-refractivity contribution in [2.45, 2.75) is 45.6 Å². The molecule has 2 rings (SSSR count). The fraction of sp³-hybridized carbons (Fsp3) is 0.769. The zero-order valence-electron chi connectivity index (χ0n) is 11.8. The van der Waals surface area contributed by atoms with Gasteiger partial charge in [0, 0.05) is 11.8 Å². The molecular weight excluding hydrogens is 244 g/mol. The summed E-state index contributed by atoms with van der Waals surface area (Å²) in [5.41, 5.74) is 5.34. The number of hydrogen-bond donors (Lipinski definition) is 1. The van der Waals surface area contributed by atoms with E-state index < -0.39 is 0 Å². The van der Waals surface area contributed by atoms with Gasteiger partial charge in [-0.1, -0.05) is 19.0 Å². The highest BCUT2D eigenvalue weighted by Crippen LogP contribution is 2.26. The molecule has 1 aliphatic rings. The largest absolute Gasteiger partial charge is 0.369 e. The van der Waals surface area contributed by atoms with Gasteiger partial charge in [-0.05, 0) is 32.9 Å². The van der Waals surface area contributed by atoms with Gasteiger partial charge in [-0.25, -0.2) is 0 Å². The zero-order valence-corrected chi connectivity index (χ0v) is 11.8. The summed E-state index contributed by atoms with van der Waals surface area (Å²) >= 11 is 0. The molecule has 0 spiro atoms. The molecule has 1 amide bonds. The predicted octanol–water partition coefficient (Wildman–Crippen LogP) is 1.45. The molecule has 1 atom stereocenters. The second-order valence-electron chi connectivity index (χ2n) is 5.53. The number of nitrogens with two attached hydrogens (primary N) is 1. The molecule has 106 valence electrons. The normalized spacial score (nSPS) is 19.8. The average molecular weight is 266 g/mol. The summed E-state index contributed by atoms with van der Waals surface area (Å²) in [6.45, 7) is 7.82. The molecule has 1 aromatic heterocycles. The molecular formula is C13H22N4O2. The molecule has 6 nitrogen and oxygen atoms in total. The summed E-state index contributed by atoms with van der Waals surface area (Å²) in [6, 6.07) is 0.0915. The van der Waals surface area contributed by atoms with E-state index >= 15 is 0 Å². The van der Waals surface area contributed by atoms with Crippen molar-refractivity contribution in [2.24, 2.45) is 11.7 Å². The number of nitrogens with zero attached hydrogens (tertiary/aromatic N) is 3. The van der Waals surface area contributed by atoms with Crippen molar-refractivity contribution >= 4 is 5.91 Å². The van der Waals surface area contributed by atoms with Crippen molar-refractivity contribution in [3.8, 4) is 0 Å². The Balaban J connectivity index is 1.96. The smallest absolute Gasteiger partial charge is 0.243 e. The molecule has 0 radical (unpaired) electrons. The maximum atomic E-state index is 11.1. The molecule has 1 aliphatic heterocycles. The van der Waals surface area contributed by atoms with Crippen LogP contribution in [0.2, 0.25) is 0 Å². The topological polar surface area (TPSA) is 85.3 Å². The van der Waals surface area contributed by atoms with E-state index in [9.17, 15) is 4.79 Å². The SMILES string of the molecule is CC(C)c1noc(C(C)N2CCC(C(N)=O)CC2)n1. The van der Waals surface area contributed by atoms with Crippen LogP contribution in [-0.2, 0) is 4.79 Å². The Morgan fingerprint density at radius 3 is 2.47 bits per heavy atom. The number of amides is 1. The Bertz CT molecular complexity index is 436. The second kappa shape index (κ2) is 5.69. The van der Waals surface area contributed by atoms with Crippen molar-refractivity contribution in [1.82, 2.24) is 15.0 Å². The Labute approximate surface area is 113 Å². The highest BCUT2D eigenvalue weighted by atomic mass is 16.5. The van der Waals surface area contributed by atoms with E-state index in [1.807, 2.05) is 13.8 Å². The Kier molecular flexibility index (Phi) is 4.19. The summed E-state index contributed by atoms with van der Waals surface area (Å²) in [5, 5.41) is 3.99. The van der Waals surface area contributed by atoms with Crippen molar-refractivity contribution in [3.63, 3.8) is 0 Å². The van der Waals surface area contributed by atoms with Crippen molar-refractivity contribution in [1.29, 1.82) is 0 Å². The van der Waals surface area contributed by atoms with Crippen LogP contribution >= 0.6 is 0 Å². The molecule has 6 heteroatoms. The highest BCUT2D eigenvalue weighted by Gasteiger charge is 2.28. The van der Waals surface area contributed by atoms with Gasteiger partial charge in [0.25, 0.3) is 0 Å². The quantitative estimate of drug-likeness (QED) is 0.891. The van der Waals surface area contributed by atoms with Crippen LogP contribution in [0.25, 0.3) is 0 Å². The van der Waals surface area contributed by atoms with Crippen LogP contribution < -0.4 is 5.73 Å². The van der Waals surface area contributed by atoms with Crippen LogP contribution in [0.5, 0.6) is 0 Å². The van der Waals surface area contributed by atoms with Gasteiger partial charge >= 0.3 is 0 Å². The predicted molar refractivity (Wildman–Crippen MR) is 70.3 cm³/mol. The van der Waals surface area contributed by atoms with Crippen LogP contribution in [0.3, 0.4) is 0 Å². The first-order chi connectivity index (χ1) is 8.99. The number of aromatic nitrogens is 2. The maximum Gasteiger partial charge on any atom is 0.243 e. The molecule has 0 aromatic carbocycles. The number of carbonyl (C=O) groups excluding carboxylic acids is 1. The van der Waals surface area contributed by atoms with E-state index in [-0.39, 0.29) is 23.8 Å². The molecule has 2 N–H and O–H groups in total. The van der Waals surface area contributed by atoms with Gasteiger partial charge in [-0.2, -0.15) is 4.98 Å². The summed E-state index contributed by atoms with van der Waals surface area (Å²) in [7, 11) is 0. The number of primary amides is 1. The number of piperidine rings is 1. The first kappa shape index (κ1) is 14.0. The third kappa shape index (κ3) is 3.12. The summed E-state index contributed by atoms with van der Waals surface area (Å²) in [6.07, 6.45) is 1.62. The summed E-state index contributed by atoms with van der Waals surface area (Å²) in [4.78, 5) is 17.8. The van der Waals surface area contributed by atoms with E-state index in [1.165, 1.54) is 0 Å². The minimum Gasteiger partial charge on any atom is -0.369 e. The lowest BCUT2D eigenvalue weighted by molar-refractivity contribution is -0.123. The number of carbonyl (C=O) groups is 1. The summed E-state index contributed by atoms with van der Waals surface area (Å²) < 4.78 is 5.32. The average Bonchev–Trinajstić information content (AvgIpc) is 2.87. The van der Waals surface area contributed by atoms with Gasteiger partial charge in [0.2, 0.25) is 11.8 Å². The van der Waals surface area contributed by atoms with Gasteiger partial charge in [0.05, 0.1) is 6.04 Å². The van der Waals surface area contributed by atoms with Gasteiger partial charge in [-0.15, -0.1) is 0 Å². The molecule has 0 aliphatic carbocycles. The van der Waals surface area contributed by atoms with E-state index in [0.29, 0.717) is 5.89 Å². The van der Waals surface area contributed by atoms with Crippen LogP contribution in [-0.4, -0.2) is 34.0 Å². The maximum absolute atomic E-state index is 11.1. The van der Waals surface area contributed by atoms with Crippen LogP contribution in [0, 0.1) is 5.92 Å². The van der Waals surface area contributed by atoms with E-state index in [0.717, 1.165) is 31.8 Å². The molecule has 0 bridgehead atoms. The minimum atomic E-state index is -0.188. The third-order valence-corrected chi connectivity index (χ3v) is 3.81. The van der Waals surface area contributed by atoms with Crippen molar-refractivity contribution < 1.29 is 9.32 Å². The fourth-order valence-corrected chi connectivity index (χ4v) is 2.38. The van der Waals surface area contributed by atoms with E-state index in [1.54, 1.807) is 0 Å². The molecule has 1 saturated heterocycles. The van der Waals surface area contributed by atoms with Gasteiger partial charge in [-0.3, -0.25) is 9.69 Å². The molecule has 0 saturated carbocycles. The van der Waals surface area contributed by atoms with Crippen LogP contribution in [0.1, 0.15) is 57.3 Å². The van der Waals surface area contributed by atoms with Crippen molar-refractivity contribution in [3.05, 3.63) is 11.7 Å². The molecule has 19 heavy (non-hydrogen) atoms. The number of rotatable bonds is 4. The second-order valence-corrected chi connectivity index (χ2v) is 5.53. The lowest BCUT2D eigenvalue weighted by Crippen LogP contribution is -2.39. The van der Waals surface area contributed by atoms with Gasteiger partial charge in [0.1, 0.15) is 0 Å². The monoisotopic (exact) mass is 266 g/mol. The first-order valence-corrected chi connectivity index (χ1v) is 6.86. The van der Waals surface area contributed by atoms with Crippen molar-refractivity contribution in [2.75, 3.05) is 13.1 Å². The third-order valence-electron chi connectivity index (χ3n) is 3.81. The Hall–Kier alpha value is -1.43. The van der Waals surface area contributed by atoms with Crippen LogP contribution in [0.15, 0.2) is 4.52 Å². The lowest BCUT2D eigenvalue weighted by Gasteiger charge is -2.33. The Morgan fingerprint density at radius 1 is 1.37 bits per heavy atom. The van der Waals surface area contributed by atoms with E-state index in [4.69, 9.17) is 10.3 Å². The Morgan fingerprint density at radius 2 is 2.00 bits per heavy atom. The van der Waals surface area contributed by atoms with Gasteiger partial charge < -0.3 is 10.3 Å². The standard InChI is InChI=1S/C13H22N4O2/c1-8(2)12-15-13(19-16-12)9(3)17-6-4-10(5-7-17)11(14)18/h8-10H,4-7H2,1-3H3,(H2,14,18). The number of likely N-dealkylation sites (tertiary alicyclic amines) is 1. The number of hydrogen-bond acceptors (Lipinski definition) is 5. The minimum absolute atomic E-state index is 0.0114. The molecule has 1 unspecified atom stereocenters. The highest BCUT2D eigenvalue weighted by molar-refractivity contribution is 5.76. The zero-order chi connectivity index (χ0) is 14.0. The molecule has 1 aromatic rings. The first-order valence-electron chi connectivity index (χ1n) is 6.86. The molecule has 1 fully saturated rings. The lowest BCUT2D eigenvalue weighted by atomic mass is 9.95. The fourth-order valence-electron chi connectivity index (χ4n) is 2.38. The van der Waals surface area contributed by atoms with Gasteiger partial charge in [0.15, 0.2) is 5.82 Å².